The molecule has 0 aliphatic carbocycles. The van der Waals surface area contributed by atoms with E-state index in [2.05, 4.69) is 45.5 Å². The molecule has 64 valence electrons. The molecular weight excluding hydrogens is 144 g/mol. The maximum Gasteiger partial charge on any atom is -0.0219 e. The number of aryl methyl sites for hydroxylation is 1. The zero-order valence-electron chi connectivity index (χ0n) is 8.09. The fourth-order valence-corrected chi connectivity index (χ4v) is 1.24. The molecule has 0 heteroatoms. The monoisotopic (exact) mass is 160 g/mol. The summed E-state index contributed by atoms with van der Waals surface area (Å²) in [4.78, 5) is 0. The van der Waals surface area contributed by atoms with Crippen LogP contribution in [0.3, 0.4) is 0 Å². The van der Waals surface area contributed by atoms with E-state index in [9.17, 15) is 0 Å². The van der Waals surface area contributed by atoms with Crippen molar-refractivity contribution in [1.82, 2.24) is 0 Å². The standard InChI is InChI=1S/C12H16/c1-5-11-8-12(9(2)3)7-6-10(11)4/h5-9H,1H2,2-4H3. The molecule has 0 saturated carbocycles. The molecule has 0 saturated heterocycles. The van der Waals surface area contributed by atoms with Crippen molar-refractivity contribution in [3.05, 3.63) is 41.5 Å². The minimum absolute atomic E-state index is 0.601. The molecule has 0 aromatic heterocycles. The van der Waals surface area contributed by atoms with Gasteiger partial charge in [-0.15, -0.1) is 0 Å². The minimum Gasteiger partial charge on any atom is -0.0985 e. The first-order valence-electron chi connectivity index (χ1n) is 4.38. The van der Waals surface area contributed by atoms with Crippen molar-refractivity contribution in [3.63, 3.8) is 0 Å². The Bertz CT molecular complexity index is 282. The summed E-state index contributed by atoms with van der Waals surface area (Å²) in [6.45, 7) is 10.3. The Morgan fingerprint density at radius 3 is 2.50 bits per heavy atom. The van der Waals surface area contributed by atoms with Gasteiger partial charge in [0.05, 0.1) is 0 Å². The van der Waals surface area contributed by atoms with Crippen LogP contribution in [0, 0.1) is 6.92 Å². The maximum atomic E-state index is 3.79. The highest BCUT2D eigenvalue weighted by Crippen LogP contribution is 2.18. The molecule has 0 nitrogen and oxygen atoms in total. The second kappa shape index (κ2) is 3.57. The average molecular weight is 160 g/mol. The molecule has 0 bridgehead atoms. The van der Waals surface area contributed by atoms with Gasteiger partial charge in [0, 0.05) is 0 Å². The van der Waals surface area contributed by atoms with Gasteiger partial charge in [0.15, 0.2) is 0 Å². The molecule has 1 rings (SSSR count). The van der Waals surface area contributed by atoms with Crippen LogP contribution in [0.1, 0.15) is 36.5 Å². The van der Waals surface area contributed by atoms with Gasteiger partial charge >= 0.3 is 0 Å². The predicted octanol–water partition coefficient (Wildman–Crippen LogP) is 3.76. The van der Waals surface area contributed by atoms with Crippen LogP contribution in [0.5, 0.6) is 0 Å². The molecule has 0 spiro atoms. The lowest BCUT2D eigenvalue weighted by Gasteiger charge is -2.07. The molecule has 0 atom stereocenters. The topological polar surface area (TPSA) is 0 Å². The third-order valence-electron chi connectivity index (χ3n) is 2.19. The molecule has 0 heterocycles. The van der Waals surface area contributed by atoms with E-state index < -0.39 is 0 Å². The van der Waals surface area contributed by atoms with Gasteiger partial charge in [0.1, 0.15) is 0 Å². The molecule has 12 heavy (non-hydrogen) atoms. The summed E-state index contributed by atoms with van der Waals surface area (Å²) in [5.41, 5.74) is 3.94. The van der Waals surface area contributed by atoms with Crippen LogP contribution in [0.2, 0.25) is 0 Å². The molecule has 0 N–H and O–H groups in total. The van der Waals surface area contributed by atoms with Crippen LogP contribution in [0.25, 0.3) is 6.08 Å². The summed E-state index contributed by atoms with van der Waals surface area (Å²) in [6.07, 6.45) is 1.92. The summed E-state index contributed by atoms with van der Waals surface area (Å²) in [6, 6.07) is 6.56. The van der Waals surface area contributed by atoms with Crippen LogP contribution in [-0.4, -0.2) is 0 Å². The molecule has 0 radical (unpaired) electrons. The lowest BCUT2D eigenvalue weighted by Crippen LogP contribution is -1.89. The van der Waals surface area contributed by atoms with Crippen molar-refractivity contribution in [3.8, 4) is 0 Å². The molecular formula is C12H16. The van der Waals surface area contributed by atoms with Crippen LogP contribution < -0.4 is 0 Å². The zero-order valence-corrected chi connectivity index (χ0v) is 8.09. The van der Waals surface area contributed by atoms with E-state index in [0.717, 1.165) is 0 Å². The molecule has 0 amide bonds. The van der Waals surface area contributed by atoms with Crippen molar-refractivity contribution in [2.45, 2.75) is 26.7 Å². The molecule has 0 aliphatic rings. The third kappa shape index (κ3) is 1.76. The first-order chi connectivity index (χ1) is 5.65. The predicted molar refractivity (Wildman–Crippen MR) is 55.4 cm³/mol. The largest absolute Gasteiger partial charge is 0.0985 e. The van der Waals surface area contributed by atoms with Crippen molar-refractivity contribution < 1.29 is 0 Å². The first-order valence-corrected chi connectivity index (χ1v) is 4.38. The number of rotatable bonds is 2. The van der Waals surface area contributed by atoms with E-state index in [-0.39, 0.29) is 0 Å². The summed E-state index contributed by atoms with van der Waals surface area (Å²) < 4.78 is 0. The zero-order chi connectivity index (χ0) is 9.14. The van der Waals surface area contributed by atoms with Crippen LogP contribution in [-0.2, 0) is 0 Å². The smallest absolute Gasteiger partial charge is 0.0219 e. The first kappa shape index (κ1) is 9.05. The van der Waals surface area contributed by atoms with Crippen LogP contribution >= 0.6 is 0 Å². The fraction of sp³-hybridized carbons (Fsp3) is 0.333. The minimum atomic E-state index is 0.601. The van der Waals surface area contributed by atoms with Crippen LogP contribution in [0.15, 0.2) is 24.8 Å². The Kier molecular flexibility index (Phi) is 2.69. The van der Waals surface area contributed by atoms with Gasteiger partial charge in [-0.25, -0.2) is 0 Å². The third-order valence-corrected chi connectivity index (χ3v) is 2.19. The lowest BCUT2D eigenvalue weighted by molar-refractivity contribution is 0.865. The van der Waals surface area contributed by atoms with E-state index >= 15 is 0 Å². The van der Waals surface area contributed by atoms with Gasteiger partial charge in [-0.1, -0.05) is 44.7 Å². The summed E-state index contributed by atoms with van der Waals surface area (Å²) >= 11 is 0. The Morgan fingerprint density at radius 2 is 2.00 bits per heavy atom. The maximum absolute atomic E-state index is 3.79. The highest BCUT2D eigenvalue weighted by Gasteiger charge is 2.00. The second-order valence-electron chi connectivity index (χ2n) is 3.47. The molecule has 1 aromatic carbocycles. The quantitative estimate of drug-likeness (QED) is 0.618. The van der Waals surface area contributed by atoms with Crippen molar-refractivity contribution in [2.75, 3.05) is 0 Å². The number of hydrogen-bond donors (Lipinski definition) is 0. The summed E-state index contributed by atoms with van der Waals surface area (Å²) in [5, 5.41) is 0. The Balaban J connectivity index is 3.13. The van der Waals surface area contributed by atoms with Gasteiger partial charge in [-0.2, -0.15) is 0 Å². The van der Waals surface area contributed by atoms with Crippen molar-refractivity contribution in [2.24, 2.45) is 0 Å². The fourth-order valence-electron chi connectivity index (χ4n) is 1.24. The number of hydrogen-bond acceptors (Lipinski definition) is 0. The van der Waals surface area contributed by atoms with E-state index in [1.807, 2.05) is 6.08 Å². The Hall–Kier alpha value is -1.04. The van der Waals surface area contributed by atoms with Crippen molar-refractivity contribution >= 4 is 6.08 Å². The van der Waals surface area contributed by atoms with Gasteiger partial charge in [0.2, 0.25) is 0 Å². The van der Waals surface area contributed by atoms with Gasteiger partial charge in [-0.05, 0) is 29.5 Å². The Morgan fingerprint density at radius 1 is 1.33 bits per heavy atom. The summed E-state index contributed by atoms with van der Waals surface area (Å²) in [7, 11) is 0. The molecule has 0 aliphatic heterocycles. The van der Waals surface area contributed by atoms with Gasteiger partial charge in [-0.3, -0.25) is 0 Å². The van der Waals surface area contributed by atoms with E-state index in [0.29, 0.717) is 5.92 Å². The molecule has 0 unspecified atom stereocenters. The van der Waals surface area contributed by atoms with E-state index in [1.54, 1.807) is 0 Å². The van der Waals surface area contributed by atoms with Gasteiger partial charge in [0.25, 0.3) is 0 Å². The van der Waals surface area contributed by atoms with E-state index in [4.69, 9.17) is 0 Å². The lowest BCUT2D eigenvalue weighted by atomic mass is 9.98. The van der Waals surface area contributed by atoms with Gasteiger partial charge < -0.3 is 0 Å². The average Bonchev–Trinajstić information content (AvgIpc) is 2.05. The summed E-state index contributed by atoms with van der Waals surface area (Å²) in [5.74, 6) is 0.601. The SMILES string of the molecule is C=Cc1cc(C(C)C)ccc1C. The van der Waals surface area contributed by atoms with Crippen LogP contribution in [0.4, 0.5) is 0 Å². The highest BCUT2D eigenvalue weighted by molar-refractivity contribution is 5.53. The highest BCUT2D eigenvalue weighted by atomic mass is 14.1. The Labute approximate surface area is 74.9 Å². The molecule has 0 fully saturated rings. The number of benzene rings is 1. The van der Waals surface area contributed by atoms with Crippen molar-refractivity contribution in [1.29, 1.82) is 0 Å². The normalized spacial score (nSPS) is 10.3. The van der Waals surface area contributed by atoms with E-state index in [1.165, 1.54) is 16.7 Å². The second-order valence-corrected chi connectivity index (χ2v) is 3.47. The molecule has 1 aromatic rings.